The van der Waals surface area contributed by atoms with E-state index in [0.29, 0.717) is 0 Å². The first-order valence-corrected chi connectivity index (χ1v) is 4.69. The number of hydrogen-bond donors (Lipinski definition) is 0. The number of hydrogen-bond acceptors (Lipinski definition) is 1. The van der Waals surface area contributed by atoms with Crippen LogP contribution in [0.5, 0.6) is 0 Å². The Labute approximate surface area is 78.9 Å². The van der Waals surface area contributed by atoms with Crippen molar-refractivity contribution in [3.63, 3.8) is 0 Å². The first-order valence-electron chi connectivity index (χ1n) is 3.41. The summed E-state index contributed by atoms with van der Waals surface area (Å²) in [5.74, 6) is 0. The predicted molar refractivity (Wildman–Crippen MR) is 47.1 cm³/mol. The first kappa shape index (κ1) is 7.12. The van der Waals surface area contributed by atoms with Gasteiger partial charge in [0.2, 0.25) is 0 Å². The fraction of sp³-hybridized carbons (Fsp3) is 0. The molecule has 2 heteroatoms. The van der Waals surface area contributed by atoms with Gasteiger partial charge in [0.05, 0.1) is 0 Å². The molecule has 1 heterocycles. The first-order chi connectivity index (χ1) is 5.36. The van der Waals surface area contributed by atoms with Crippen molar-refractivity contribution in [2.45, 2.75) is 0 Å². The molecule has 0 aliphatic rings. The maximum atomic E-state index is 4.40. The standard InChI is InChI=1S/C9H6N.Sb/c1-2-6-9-8(4-1)5-3-7-10-9;/h1-6H;. The molecule has 1 aromatic carbocycles. The molecule has 2 rings (SSSR count). The van der Waals surface area contributed by atoms with Gasteiger partial charge in [0.1, 0.15) is 0 Å². The number of benzene rings is 1. The van der Waals surface area contributed by atoms with Gasteiger partial charge in [-0.3, -0.25) is 0 Å². The van der Waals surface area contributed by atoms with Crippen LogP contribution in [0.1, 0.15) is 0 Å². The van der Waals surface area contributed by atoms with E-state index in [2.05, 4.69) is 23.2 Å². The van der Waals surface area contributed by atoms with Crippen molar-refractivity contribution in [1.82, 2.24) is 4.98 Å². The van der Waals surface area contributed by atoms with Crippen LogP contribution >= 0.6 is 0 Å². The van der Waals surface area contributed by atoms with Gasteiger partial charge in [-0.15, -0.1) is 0 Å². The van der Waals surface area contributed by atoms with Crippen LogP contribution in [-0.2, 0) is 0 Å². The quantitative estimate of drug-likeness (QED) is 0.636. The minimum absolute atomic E-state index is 1.09. The van der Waals surface area contributed by atoms with Gasteiger partial charge in [0, 0.05) is 0 Å². The van der Waals surface area contributed by atoms with Crippen LogP contribution in [0.3, 0.4) is 0 Å². The van der Waals surface area contributed by atoms with Crippen molar-refractivity contribution < 1.29 is 0 Å². The molecule has 11 heavy (non-hydrogen) atoms. The summed E-state index contributed by atoms with van der Waals surface area (Å²) < 4.78 is 1.12. The second-order valence-electron chi connectivity index (χ2n) is 2.36. The Kier molecular flexibility index (Phi) is 1.83. The molecule has 0 aliphatic carbocycles. The van der Waals surface area contributed by atoms with Gasteiger partial charge in [-0.2, -0.15) is 0 Å². The molecule has 0 spiro atoms. The van der Waals surface area contributed by atoms with E-state index in [9.17, 15) is 0 Å². The fourth-order valence-electron chi connectivity index (χ4n) is 1.06. The summed E-state index contributed by atoms with van der Waals surface area (Å²) in [4.78, 5) is 4.40. The normalized spacial score (nSPS) is 10.3. The molecule has 1 aromatic heterocycles. The van der Waals surface area contributed by atoms with Gasteiger partial charge in [0.25, 0.3) is 0 Å². The predicted octanol–water partition coefficient (Wildman–Crippen LogP) is 1.03. The Morgan fingerprint density at radius 1 is 1.00 bits per heavy atom. The molecule has 0 saturated heterocycles. The Hall–Kier alpha value is -0.552. The van der Waals surface area contributed by atoms with Crippen molar-refractivity contribution in [2.24, 2.45) is 0 Å². The SMILES string of the molecule is [Sb][c]1ccc2ccccc2n1. The second-order valence-corrected chi connectivity index (χ2v) is 3.67. The van der Waals surface area contributed by atoms with Gasteiger partial charge in [-0.25, -0.2) is 0 Å². The molecular formula is C9H6NSb. The van der Waals surface area contributed by atoms with E-state index in [1.54, 1.807) is 23.0 Å². The Morgan fingerprint density at radius 3 is 2.73 bits per heavy atom. The molecule has 2 aromatic rings. The summed E-state index contributed by atoms with van der Waals surface area (Å²) in [6.45, 7) is 0. The topological polar surface area (TPSA) is 12.9 Å². The number of para-hydroxylation sites is 1. The third-order valence-corrected chi connectivity index (χ3v) is 2.29. The Bertz CT molecular complexity index is 384. The van der Waals surface area contributed by atoms with Crippen LogP contribution < -0.4 is 3.64 Å². The average Bonchev–Trinajstić information content (AvgIpc) is 2.04. The summed E-state index contributed by atoms with van der Waals surface area (Å²) in [6, 6.07) is 12.3. The van der Waals surface area contributed by atoms with E-state index in [-0.39, 0.29) is 0 Å². The van der Waals surface area contributed by atoms with Crippen LogP contribution in [0.25, 0.3) is 10.9 Å². The maximum absolute atomic E-state index is 4.40. The number of rotatable bonds is 0. The van der Waals surface area contributed by atoms with Crippen molar-refractivity contribution in [2.75, 3.05) is 0 Å². The second kappa shape index (κ2) is 2.83. The van der Waals surface area contributed by atoms with E-state index < -0.39 is 0 Å². The molecular weight excluding hydrogens is 244 g/mol. The molecule has 0 N–H and O–H groups in total. The van der Waals surface area contributed by atoms with Crippen molar-refractivity contribution in [3.05, 3.63) is 36.4 Å². The van der Waals surface area contributed by atoms with Crippen molar-refractivity contribution in [1.29, 1.82) is 0 Å². The zero-order valence-electron chi connectivity index (χ0n) is 5.86. The van der Waals surface area contributed by atoms with Gasteiger partial charge in [0.15, 0.2) is 0 Å². The minimum atomic E-state index is 1.09. The van der Waals surface area contributed by atoms with Gasteiger partial charge in [-0.1, -0.05) is 0 Å². The molecule has 0 atom stereocenters. The summed E-state index contributed by atoms with van der Waals surface area (Å²) >= 11 is 1.66. The summed E-state index contributed by atoms with van der Waals surface area (Å²) in [5.41, 5.74) is 1.09. The van der Waals surface area contributed by atoms with Gasteiger partial charge in [-0.05, 0) is 0 Å². The van der Waals surface area contributed by atoms with E-state index in [4.69, 9.17) is 0 Å². The van der Waals surface area contributed by atoms with Crippen molar-refractivity contribution >= 4 is 37.6 Å². The van der Waals surface area contributed by atoms with Crippen LogP contribution in [-0.4, -0.2) is 28.0 Å². The van der Waals surface area contributed by atoms with Crippen molar-refractivity contribution in [3.8, 4) is 0 Å². The zero-order valence-corrected chi connectivity index (χ0v) is 8.41. The van der Waals surface area contributed by atoms with E-state index in [1.807, 2.05) is 18.2 Å². The van der Waals surface area contributed by atoms with Crippen LogP contribution in [0.2, 0.25) is 0 Å². The third-order valence-electron chi connectivity index (χ3n) is 1.58. The number of nitrogens with zero attached hydrogens (tertiary/aromatic N) is 1. The fourth-order valence-corrected chi connectivity index (χ4v) is 1.58. The summed E-state index contributed by atoms with van der Waals surface area (Å²) in [6.07, 6.45) is 0. The molecule has 0 amide bonds. The number of aromatic nitrogens is 1. The average molecular weight is 250 g/mol. The monoisotopic (exact) mass is 249 g/mol. The Balaban J connectivity index is 2.83. The Morgan fingerprint density at radius 2 is 1.82 bits per heavy atom. The van der Waals surface area contributed by atoms with Gasteiger partial charge >= 0.3 is 78.9 Å². The molecule has 2 radical (unpaired) electrons. The molecule has 0 fully saturated rings. The van der Waals surface area contributed by atoms with Crippen LogP contribution in [0.4, 0.5) is 0 Å². The van der Waals surface area contributed by atoms with E-state index in [0.717, 1.165) is 9.16 Å². The summed E-state index contributed by atoms with van der Waals surface area (Å²) in [5, 5.41) is 1.21. The van der Waals surface area contributed by atoms with E-state index >= 15 is 0 Å². The molecule has 0 saturated carbocycles. The molecule has 0 bridgehead atoms. The van der Waals surface area contributed by atoms with Gasteiger partial charge < -0.3 is 0 Å². The molecule has 1 nitrogen and oxygen atoms in total. The van der Waals surface area contributed by atoms with Crippen LogP contribution in [0, 0.1) is 0 Å². The number of pyridine rings is 1. The van der Waals surface area contributed by atoms with Crippen LogP contribution in [0.15, 0.2) is 36.4 Å². The molecule has 52 valence electrons. The van der Waals surface area contributed by atoms with E-state index in [1.165, 1.54) is 5.39 Å². The molecule has 0 unspecified atom stereocenters. The molecule has 0 aliphatic heterocycles. The third kappa shape index (κ3) is 1.39. The number of fused-ring (bicyclic) bond motifs is 1. The summed E-state index contributed by atoms with van der Waals surface area (Å²) in [7, 11) is 0. The zero-order chi connectivity index (χ0) is 7.68.